The zero-order valence-electron chi connectivity index (χ0n) is 10.1. The van der Waals surface area contributed by atoms with Crippen LogP contribution in [0, 0.1) is 5.41 Å². The first-order valence-corrected chi connectivity index (χ1v) is 6.79. The lowest BCUT2D eigenvalue weighted by atomic mass is 9.34. The SMILES string of the molecule is CC(C)c1ccc(C23CC(CCl)(C2)C3)cc1. The van der Waals surface area contributed by atoms with Gasteiger partial charge in [-0.3, -0.25) is 0 Å². The summed E-state index contributed by atoms with van der Waals surface area (Å²) in [6, 6.07) is 9.28. The van der Waals surface area contributed by atoms with Gasteiger partial charge in [0.25, 0.3) is 0 Å². The minimum atomic E-state index is 0.518. The van der Waals surface area contributed by atoms with Crippen molar-refractivity contribution in [3.8, 4) is 0 Å². The van der Waals surface area contributed by atoms with Crippen molar-refractivity contribution in [1.82, 2.24) is 0 Å². The highest BCUT2D eigenvalue weighted by atomic mass is 35.5. The molecule has 0 nitrogen and oxygen atoms in total. The molecule has 0 radical (unpaired) electrons. The zero-order chi connectivity index (χ0) is 11.4. The van der Waals surface area contributed by atoms with Gasteiger partial charge in [-0.1, -0.05) is 38.1 Å². The predicted octanol–water partition coefficient (Wildman–Crippen LogP) is 4.47. The molecule has 3 aliphatic rings. The van der Waals surface area contributed by atoms with Crippen molar-refractivity contribution in [3.05, 3.63) is 35.4 Å². The van der Waals surface area contributed by atoms with E-state index in [1.165, 1.54) is 24.8 Å². The number of rotatable bonds is 3. The van der Waals surface area contributed by atoms with Crippen molar-refractivity contribution in [2.45, 2.75) is 44.4 Å². The number of halogens is 1. The van der Waals surface area contributed by atoms with Crippen molar-refractivity contribution in [3.63, 3.8) is 0 Å². The van der Waals surface area contributed by atoms with E-state index in [1.807, 2.05) is 0 Å². The Hall–Kier alpha value is -0.490. The maximum atomic E-state index is 6.00. The third kappa shape index (κ3) is 1.29. The largest absolute Gasteiger partial charge is 0.126 e. The van der Waals surface area contributed by atoms with Crippen molar-refractivity contribution >= 4 is 11.6 Å². The van der Waals surface area contributed by atoms with Crippen LogP contribution in [0.2, 0.25) is 0 Å². The molecular formula is C15H19Cl. The van der Waals surface area contributed by atoms with Crippen LogP contribution in [0.4, 0.5) is 0 Å². The summed E-state index contributed by atoms with van der Waals surface area (Å²) >= 11 is 6.00. The smallest absolute Gasteiger partial charge is 0.0280 e. The van der Waals surface area contributed by atoms with Gasteiger partial charge in [-0.25, -0.2) is 0 Å². The summed E-state index contributed by atoms with van der Waals surface area (Å²) in [5.41, 5.74) is 4.04. The first-order valence-electron chi connectivity index (χ1n) is 6.26. The second kappa shape index (κ2) is 3.26. The highest BCUT2D eigenvalue weighted by Crippen LogP contribution is 2.73. The van der Waals surface area contributed by atoms with Crippen molar-refractivity contribution in [2.75, 3.05) is 5.88 Å². The molecule has 0 amide bonds. The molecule has 3 aliphatic carbocycles. The van der Waals surface area contributed by atoms with Crippen LogP contribution in [0.1, 0.15) is 50.2 Å². The molecule has 1 heteroatoms. The Morgan fingerprint density at radius 2 is 1.69 bits per heavy atom. The van der Waals surface area contributed by atoms with E-state index in [4.69, 9.17) is 11.6 Å². The molecule has 2 bridgehead atoms. The quantitative estimate of drug-likeness (QED) is 0.677. The van der Waals surface area contributed by atoms with E-state index >= 15 is 0 Å². The van der Waals surface area contributed by atoms with Gasteiger partial charge in [0.05, 0.1) is 0 Å². The fourth-order valence-corrected chi connectivity index (χ4v) is 3.95. The first kappa shape index (κ1) is 10.7. The lowest BCUT2D eigenvalue weighted by Crippen LogP contribution is -2.65. The van der Waals surface area contributed by atoms with Crippen molar-refractivity contribution in [1.29, 1.82) is 0 Å². The Balaban J connectivity index is 1.78. The molecule has 0 heterocycles. The third-order valence-electron chi connectivity index (χ3n) is 4.61. The second-order valence-corrected chi connectivity index (χ2v) is 6.49. The van der Waals surface area contributed by atoms with Crippen molar-refractivity contribution in [2.24, 2.45) is 5.41 Å². The summed E-state index contributed by atoms with van der Waals surface area (Å²) in [6.45, 7) is 4.50. The summed E-state index contributed by atoms with van der Waals surface area (Å²) in [5.74, 6) is 1.50. The molecule has 1 aromatic carbocycles. The highest BCUT2D eigenvalue weighted by molar-refractivity contribution is 6.18. The monoisotopic (exact) mass is 234 g/mol. The maximum absolute atomic E-state index is 6.00. The van der Waals surface area contributed by atoms with Gasteiger partial charge in [-0.2, -0.15) is 0 Å². The van der Waals surface area contributed by atoms with E-state index in [0.717, 1.165) is 5.88 Å². The fourth-order valence-electron chi connectivity index (χ4n) is 3.67. The highest BCUT2D eigenvalue weighted by Gasteiger charge is 2.67. The van der Waals surface area contributed by atoms with Gasteiger partial charge < -0.3 is 0 Å². The van der Waals surface area contributed by atoms with Gasteiger partial charge in [0.1, 0.15) is 0 Å². The molecule has 0 aliphatic heterocycles. The van der Waals surface area contributed by atoms with E-state index < -0.39 is 0 Å². The molecule has 1 aromatic rings. The standard InChI is InChI=1S/C15H19Cl/c1-11(2)12-3-5-13(6-4-12)15-7-14(8-15,9-15)10-16/h3-6,11H,7-10H2,1-2H3. The summed E-state index contributed by atoms with van der Waals surface area (Å²) < 4.78 is 0. The topological polar surface area (TPSA) is 0 Å². The summed E-state index contributed by atoms with van der Waals surface area (Å²) in [5, 5.41) is 0. The molecule has 3 saturated carbocycles. The lowest BCUT2D eigenvalue weighted by molar-refractivity contribution is -0.122. The Morgan fingerprint density at radius 3 is 2.12 bits per heavy atom. The number of alkyl halides is 1. The minimum Gasteiger partial charge on any atom is -0.126 e. The molecule has 3 fully saturated rings. The van der Waals surface area contributed by atoms with Crippen molar-refractivity contribution < 1.29 is 0 Å². The van der Waals surface area contributed by atoms with Crippen LogP contribution in [0.5, 0.6) is 0 Å². The number of benzene rings is 1. The van der Waals surface area contributed by atoms with Crippen LogP contribution in [0.15, 0.2) is 24.3 Å². The Labute approximate surface area is 103 Å². The van der Waals surface area contributed by atoms with Gasteiger partial charge in [-0.15, -0.1) is 11.6 Å². The summed E-state index contributed by atoms with van der Waals surface area (Å²) in [6.07, 6.45) is 3.97. The van der Waals surface area contributed by atoms with E-state index in [9.17, 15) is 0 Å². The van der Waals surface area contributed by atoms with Gasteiger partial charge in [-0.05, 0) is 47.1 Å². The average Bonchev–Trinajstić information content (AvgIpc) is 2.15. The van der Waals surface area contributed by atoms with Crippen LogP contribution in [0.3, 0.4) is 0 Å². The maximum Gasteiger partial charge on any atom is 0.0280 e. The Morgan fingerprint density at radius 1 is 1.12 bits per heavy atom. The van der Waals surface area contributed by atoms with E-state index in [-0.39, 0.29) is 0 Å². The molecule has 0 unspecified atom stereocenters. The molecule has 4 rings (SSSR count). The first-order chi connectivity index (χ1) is 7.59. The van der Waals surface area contributed by atoms with Crippen LogP contribution < -0.4 is 0 Å². The Bertz CT molecular complexity index is 382. The molecular weight excluding hydrogens is 216 g/mol. The molecule has 16 heavy (non-hydrogen) atoms. The third-order valence-corrected chi connectivity index (χ3v) is 5.18. The normalized spacial score (nSPS) is 35.8. The second-order valence-electron chi connectivity index (χ2n) is 6.22. The van der Waals surface area contributed by atoms with Gasteiger partial charge >= 0.3 is 0 Å². The molecule has 0 saturated heterocycles. The minimum absolute atomic E-state index is 0.518. The van der Waals surface area contributed by atoms with Crippen LogP contribution in [-0.4, -0.2) is 5.88 Å². The zero-order valence-corrected chi connectivity index (χ0v) is 10.8. The Kier molecular flexibility index (Phi) is 2.17. The van der Waals surface area contributed by atoms with E-state index in [1.54, 1.807) is 5.56 Å². The molecule has 86 valence electrons. The molecule has 0 atom stereocenters. The predicted molar refractivity (Wildman–Crippen MR) is 69.2 cm³/mol. The summed E-state index contributed by atoms with van der Waals surface area (Å²) in [7, 11) is 0. The number of hydrogen-bond acceptors (Lipinski definition) is 0. The summed E-state index contributed by atoms with van der Waals surface area (Å²) in [4.78, 5) is 0. The number of hydrogen-bond donors (Lipinski definition) is 0. The van der Waals surface area contributed by atoms with E-state index in [2.05, 4.69) is 38.1 Å². The van der Waals surface area contributed by atoms with Crippen LogP contribution in [0.25, 0.3) is 0 Å². The van der Waals surface area contributed by atoms with E-state index in [0.29, 0.717) is 16.7 Å². The molecule has 0 aromatic heterocycles. The molecule has 0 N–H and O–H groups in total. The fraction of sp³-hybridized carbons (Fsp3) is 0.600. The lowest BCUT2D eigenvalue weighted by Gasteiger charge is -2.71. The molecule has 0 spiro atoms. The van der Waals surface area contributed by atoms with Crippen LogP contribution >= 0.6 is 11.6 Å². The van der Waals surface area contributed by atoms with Gasteiger partial charge in [0.15, 0.2) is 0 Å². The van der Waals surface area contributed by atoms with Gasteiger partial charge in [0.2, 0.25) is 0 Å². The van der Waals surface area contributed by atoms with Crippen LogP contribution in [-0.2, 0) is 5.41 Å². The van der Waals surface area contributed by atoms with Gasteiger partial charge in [0, 0.05) is 5.88 Å². The average molecular weight is 235 g/mol.